The fourth-order valence-corrected chi connectivity index (χ4v) is 2.29. The molecule has 0 amide bonds. The number of halogens is 1. The summed E-state index contributed by atoms with van der Waals surface area (Å²) < 4.78 is 13.9. The van der Waals surface area contributed by atoms with E-state index in [0.717, 1.165) is 6.07 Å². The van der Waals surface area contributed by atoms with Gasteiger partial charge in [-0.3, -0.25) is 19.8 Å². The SMILES string of the molecule is NC1(C(=O)O)CCN(Cc2cccc([N+](=O)[O-])c2F)C1. The van der Waals surface area contributed by atoms with Crippen LogP contribution in [0.15, 0.2) is 18.2 Å². The summed E-state index contributed by atoms with van der Waals surface area (Å²) in [5.41, 5.74) is 3.96. The van der Waals surface area contributed by atoms with Gasteiger partial charge in [0.1, 0.15) is 5.54 Å². The molecule has 108 valence electrons. The van der Waals surface area contributed by atoms with Crippen molar-refractivity contribution in [1.82, 2.24) is 4.90 Å². The minimum atomic E-state index is -1.34. The molecule has 20 heavy (non-hydrogen) atoms. The Hall–Kier alpha value is -2.06. The van der Waals surface area contributed by atoms with Gasteiger partial charge in [-0.05, 0) is 6.42 Å². The zero-order chi connectivity index (χ0) is 14.9. The van der Waals surface area contributed by atoms with Crippen LogP contribution in [-0.2, 0) is 11.3 Å². The summed E-state index contributed by atoms with van der Waals surface area (Å²) in [5.74, 6) is -1.98. The van der Waals surface area contributed by atoms with Crippen LogP contribution >= 0.6 is 0 Å². The van der Waals surface area contributed by atoms with E-state index >= 15 is 0 Å². The quantitative estimate of drug-likeness (QED) is 0.622. The molecule has 1 saturated heterocycles. The summed E-state index contributed by atoms with van der Waals surface area (Å²) in [7, 11) is 0. The summed E-state index contributed by atoms with van der Waals surface area (Å²) in [4.78, 5) is 22.6. The van der Waals surface area contributed by atoms with E-state index in [-0.39, 0.29) is 25.1 Å². The number of benzene rings is 1. The van der Waals surface area contributed by atoms with Gasteiger partial charge in [0.15, 0.2) is 0 Å². The number of nitro benzene ring substituents is 1. The summed E-state index contributed by atoms with van der Waals surface area (Å²) in [6.45, 7) is 0.592. The number of carboxylic acids is 1. The molecular weight excluding hydrogens is 269 g/mol. The number of aliphatic carboxylic acids is 1. The van der Waals surface area contributed by atoms with E-state index in [0.29, 0.717) is 6.54 Å². The van der Waals surface area contributed by atoms with Crippen molar-refractivity contribution in [1.29, 1.82) is 0 Å². The van der Waals surface area contributed by atoms with Crippen LogP contribution < -0.4 is 5.73 Å². The molecule has 3 N–H and O–H groups in total. The van der Waals surface area contributed by atoms with Gasteiger partial charge < -0.3 is 10.8 Å². The summed E-state index contributed by atoms with van der Waals surface area (Å²) >= 11 is 0. The fraction of sp³-hybridized carbons (Fsp3) is 0.417. The van der Waals surface area contributed by atoms with Gasteiger partial charge in [-0.1, -0.05) is 12.1 Å². The number of hydrogen-bond acceptors (Lipinski definition) is 5. The predicted octanol–water partition coefficient (Wildman–Crippen LogP) is 0.722. The smallest absolute Gasteiger partial charge is 0.325 e. The average molecular weight is 283 g/mol. The highest BCUT2D eigenvalue weighted by atomic mass is 19.1. The topological polar surface area (TPSA) is 110 Å². The van der Waals surface area contributed by atoms with Gasteiger partial charge in [0.2, 0.25) is 5.82 Å². The molecule has 0 saturated carbocycles. The van der Waals surface area contributed by atoms with Crippen LogP contribution in [0.1, 0.15) is 12.0 Å². The molecule has 1 aromatic carbocycles. The van der Waals surface area contributed by atoms with Gasteiger partial charge in [0.25, 0.3) is 0 Å². The van der Waals surface area contributed by atoms with E-state index in [4.69, 9.17) is 10.8 Å². The molecule has 1 heterocycles. The molecule has 0 bridgehead atoms. The number of nitrogens with two attached hydrogens (primary N) is 1. The Balaban J connectivity index is 2.15. The Kier molecular flexibility index (Phi) is 3.69. The summed E-state index contributed by atoms with van der Waals surface area (Å²) in [6, 6.07) is 3.94. The van der Waals surface area contributed by atoms with Gasteiger partial charge in [-0.25, -0.2) is 0 Å². The maximum atomic E-state index is 13.9. The molecule has 0 aromatic heterocycles. The number of hydrogen-bond donors (Lipinski definition) is 2. The standard InChI is InChI=1S/C12H14FN3O4/c13-10-8(2-1-3-9(10)16(19)20)6-15-5-4-12(14,7-15)11(17)18/h1-3H,4-7,14H2,(H,17,18). The number of likely N-dealkylation sites (tertiary alicyclic amines) is 1. The van der Waals surface area contributed by atoms with E-state index < -0.39 is 27.9 Å². The maximum Gasteiger partial charge on any atom is 0.325 e. The number of nitro groups is 1. The average Bonchev–Trinajstić information content (AvgIpc) is 2.75. The second-order valence-corrected chi connectivity index (χ2v) is 4.93. The van der Waals surface area contributed by atoms with Crippen LogP contribution in [0.5, 0.6) is 0 Å². The van der Waals surface area contributed by atoms with Crippen molar-refractivity contribution in [3.8, 4) is 0 Å². The third-order valence-corrected chi connectivity index (χ3v) is 3.45. The van der Waals surface area contributed by atoms with Crippen molar-refractivity contribution in [2.45, 2.75) is 18.5 Å². The molecule has 1 fully saturated rings. The Morgan fingerprint density at radius 3 is 2.85 bits per heavy atom. The molecular formula is C12H14FN3O4. The molecule has 8 heteroatoms. The van der Waals surface area contributed by atoms with Gasteiger partial charge >= 0.3 is 11.7 Å². The van der Waals surface area contributed by atoms with E-state index in [1.165, 1.54) is 12.1 Å². The largest absolute Gasteiger partial charge is 0.480 e. The molecule has 1 atom stereocenters. The lowest BCUT2D eigenvalue weighted by Crippen LogP contribution is -2.50. The highest BCUT2D eigenvalue weighted by Gasteiger charge is 2.41. The van der Waals surface area contributed by atoms with Crippen LogP contribution in [0.4, 0.5) is 10.1 Å². The van der Waals surface area contributed by atoms with Crippen molar-refractivity contribution in [3.63, 3.8) is 0 Å². The van der Waals surface area contributed by atoms with E-state index in [1.807, 2.05) is 0 Å². The van der Waals surface area contributed by atoms with Crippen LogP contribution in [0, 0.1) is 15.9 Å². The normalized spacial score (nSPS) is 22.9. The lowest BCUT2D eigenvalue weighted by Gasteiger charge is -2.20. The molecule has 1 aliphatic heterocycles. The van der Waals surface area contributed by atoms with Crippen molar-refractivity contribution >= 4 is 11.7 Å². The Morgan fingerprint density at radius 1 is 1.60 bits per heavy atom. The minimum absolute atomic E-state index is 0.0878. The lowest BCUT2D eigenvalue weighted by molar-refractivity contribution is -0.387. The Morgan fingerprint density at radius 2 is 2.30 bits per heavy atom. The molecule has 1 unspecified atom stereocenters. The molecule has 0 spiro atoms. The monoisotopic (exact) mass is 283 g/mol. The van der Waals surface area contributed by atoms with Crippen LogP contribution in [0.3, 0.4) is 0 Å². The van der Waals surface area contributed by atoms with E-state index in [9.17, 15) is 19.3 Å². The maximum absolute atomic E-state index is 13.9. The molecule has 2 rings (SSSR count). The lowest BCUT2D eigenvalue weighted by atomic mass is 10.0. The third kappa shape index (κ3) is 2.61. The summed E-state index contributed by atoms with van der Waals surface area (Å²) in [5, 5.41) is 19.7. The zero-order valence-electron chi connectivity index (χ0n) is 10.6. The van der Waals surface area contributed by atoms with Crippen molar-refractivity contribution < 1.29 is 19.2 Å². The number of carbonyl (C=O) groups is 1. The molecule has 1 aliphatic rings. The molecule has 7 nitrogen and oxygen atoms in total. The number of nitrogens with zero attached hydrogens (tertiary/aromatic N) is 2. The molecule has 0 radical (unpaired) electrons. The Bertz CT molecular complexity index is 566. The summed E-state index contributed by atoms with van der Waals surface area (Å²) in [6.07, 6.45) is 0.263. The first kappa shape index (κ1) is 14.4. The highest BCUT2D eigenvalue weighted by molar-refractivity contribution is 5.79. The van der Waals surface area contributed by atoms with Crippen LogP contribution in [0.2, 0.25) is 0 Å². The van der Waals surface area contributed by atoms with Crippen molar-refractivity contribution in [2.24, 2.45) is 5.73 Å². The fourth-order valence-electron chi connectivity index (χ4n) is 2.29. The number of carboxylic acid groups (broad SMARTS) is 1. The van der Waals surface area contributed by atoms with Crippen LogP contribution in [0.25, 0.3) is 0 Å². The second-order valence-electron chi connectivity index (χ2n) is 4.93. The van der Waals surface area contributed by atoms with E-state index in [2.05, 4.69) is 0 Å². The second kappa shape index (κ2) is 5.14. The number of rotatable bonds is 4. The van der Waals surface area contributed by atoms with Gasteiger partial charge in [0, 0.05) is 31.3 Å². The zero-order valence-corrected chi connectivity index (χ0v) is 10.6. The first-order valence-electron chi connectivity index (χ1n) is 6.00. The van der Waals surface area contributed by atoms with Gasteiger partial charge in [-0.2, -0.15) is 4.39 Å². The first-order chi connectivity index (χ1) is 9.33. The highest BCUT2D eigenvalue weighted by Crippen LogP contribution is 2.25. The third-order valence-electron chi connectivity index (χ3n) is 3.45. The van der Waals surface area contributed by atoms with E-state index in [1.54, 1.807) is 4.90 Å². The minimum Gasteiger partial charge on any atom is -0.480 e. The molecule has 0 aliphatic carbocycles. The van der Waals surface area contributed by atoms with Crippen molar-refractivity contribution in [3.05, 3.63) is 39.7 Å². The predicted molar refractivity (Wildman–Crippen MR) is 67.5 cm³/mol. The Labute approximate surface area is 113 Å². The first-order valence-corrected chi connectivity index (χ1v) is 6.00. The van der Waals surface area contributed by atoms with Crippen molar-refractivity contribution in [2.75, 3.05) is 13.1 Å². The van der Waals surface area contributed by atoms with Gasteiger partial charge in [0.05, 0.1) is 4.92 Å². The molecule has 1 aromatic rings. The van der Waals surface area contributed by atoms with Gasteiger partial charge in [-0.15, -0.1) is 0 Å². The van der Waals surface area contributed by atoms with Crippen LogP contribution in [-0.4, -0.2) is 39.5 Å².